The molecule has 2 N–H and O–H groups in total. The quantitative estimate of drug-likeness (QED) is 0.624. The van der Waals surface area contributed by atoms with Gasteiger partial charge >= 0.3 is 0 Å². The second kappa shape index (κ2) is 9.37. The molecule has 1 atom stereocenters. The summed E-state index contributed by atoms with van der Waals surface area (Å²) in [4.78, 5) is 11.4. The number of benzene rings is 1. The molecule has 0 bridgehead atoms. The minimum absolute atomic E-state index is 0.122. The second-order valence-electron chi connectivity index (χ2n) is 7.80. The largest absolute Gasteiger partial charge is 0.374 e. The van der Waals surface area contributed by atoms with Crippen LogP contribution in [-0.4, -0.2) is 80.8 Å². The summed E-state index contributed by atoms with van der Waals surface area (Å²) in [6.45, 7) is 12.2. The summed E-state index contributed by atoms with van der Waals surface area (Å²) in [5.74, 6) is 1.05. The fraction of sp³-hybridized carbons (Fsp3) is 0.650. The molecular weight excluding hydrogens is 345 g/mol. The smallest absolute Gasteiger partial charge is 0.191 e. The van der Waals surface area contributed by atoms with E-state index in [1.54, 1.807) is 0 Å². The highest BCUT2D eigenvalue weighted by Gasteiger charge is 2.22. The minimum Gasteiger partial charge on any atom is -0.374 e. The molecule has 3 rings (SSSR count). The second-order valence-corrected chi connectivity index (χ2v) is 7.80. The molecule has 2 aliphatic rings. The number of guanidine groups is 1. The lowest BCUT2D eigenvalue weighted by Crippen LogP contribution is -2.51. The molecule has 150 valence electrons. The summed E-state index contributed by atoms with van der Waals surface area (Å²) in [6.07, 6.45) is 0.122. The highest BCUT2D eigenvalue weighted by atomic mass is 19.1. The summed E-state index contributed by atoms with van der Waals surface area (Å²) in [6, 6.07) is 6.66. The van der Waals surface area contributed by atoms with Crippen LogP contribution in [0.4, 0.5) is 10.1 Å². The first kappa shape index (κ1) is 19.9. The molecule has 0 spiro atoms. The zero-order valence-corrected chi connectivity index (χ0v) is 16.5. The zero-order valence-electron chi connectivity index (χ0n) is 16.5. The van der Waals surface area contributed by atoms with Gasteiger partial charge in [0.15, 0.2) is 5.96 Å². The van der Waals surface area contributed by atoms with E-state index >= 15 is 0 Å². The van der Waals surface area contributed by atoms with Gasteiger partial charge in [-0.05, 0) is 30.2 Å². The lowest BCUT2D eigenvalue weighted by molar-refractivity contribution is -0.0262. The Morgan fingerprint density at radius 2 is 1.89 bits per heavy atom. The van der Waals surface area contributed by atoms with E-state index in [-0.39, 0.29) is 11.9 Å². The van der Waals surface area contributed by atoms with Crippen LogP contribution in [0.5, 0.6) is 0 Å². The van der Waals surface area contributed by atoms with Crippen LogP contribution in [0.15, 0.2) is 29.3 Å². The third kappa shape index (κ3) is 5.81. The van der Waals surface area contributed by atoms with E-state index in [2.05, 4.69) is 33.5 Å². The number of rotatable bonds is 5. The summed E-state index contributed by atoms with van der Waals surface area (Å²) in [5.41, 5.74) is 7.27. The van der Waals surface area contributed by atoms with Crippen molar-refractivity contribution in [1.82, 2.24) is 9.80 Å². The number of hydrogen-bond donors (Lipinski definition) is 1. The maximum absolute atomic E-state index is 13.1. The van der Waals surface area contributed by atoms with Gasteiger partial charge < -0.3 is 20.3 Å². The van der Waals surface area contributed by atoms with E-state index in [4.69, 9.17) is 10.5 Å². The Labute approximate surface area is 161 Å². The van der Waals surface area contributed by atoms with E-state index in [9.17, 15) is 4.39 Å². The minimum atomic E-state index is -0.203. The molecule has 6 nitrogen and oxygen atoms in total. The van der Waals surface area contributed by atoms with Crippen molar-refractivity contribution in [2.75, 3.05) is 63.9 Å². The first-order chi connectivity index (χ1) is 13.0. The number of nitrogens with zero attached hydrogens (tertiary/aromatic N) is 4. The highest BCUT2D eigenvalue weighted by molar-refractivity contribution is 5.78. The lowest BCUT2D eigenvalue weighted by atomic mass is 10.2. The van der Waals surface area contributed by atoms with E-state index in [1.807, 2.05) is 12.1 Å². The van der Waals surface area contributed by atoms with Gasteiger partial charge in [-0.15, -0.1) is 0 Å². The molecule has 0 radical (unpaired) electrons. The van der Waals surface area contributed by atoms with Crippen LogP contribution < -0.4 is 10.6 Å². The Morgan fingerprint density at radius 1 is 1.19 bits per heavy atom. The zero-order chi connectivity index (χ0) is 19.2. The van der Waals surface area contributed by atoms with Crippen LogP contribution in [0.1, 0.15) is 13.8 Å². The van der Waals surface area contributed by atoms with Gasteiger partial charge in [0, 0.05) is 51.5 Å². The third-order valence-corrected chi connectivity index (χ3v) is 5.10. The number of aliphatic imine (C=N–C) groups is 1. The van der Waals surface area contributed by atoms with Crippen LogP contribution in [0.25, 0.3) is 0 Å². The Bertz CT molecular complexity index is 613. The van der Waals surface area contributed by atoms with Crippen molar-refractivity contribution >= 4 is 11.6 Å². The van der Waals surface area contributed by atoms with Crippen LogP contribution >= 0.6 is 0 Å². The maximum Gasteiger partial charge on any atom is 0.191 e. The first-order valence-electron chi connectivity index (χ1n) is 9.90. The molecule has 2 saturated heterocycles. The summed E-state index contributed by atoms with van der Waals surface area (Å²) in [5, 5.41) is 0. The normalized spacial score (nSPS) is 22.5. The van der Waals surface area contributed by atoms with E-state index < -0.39 is 0 Å². The molecule has 0 amide bonds. The molecular formula is C20H32FN5O. The van der Waals surface area contributed by atoms with Gasteiger partial charge in [0.1, 0.15) is 5.82 Å². The average molecular weight is 378 g/mol. The van der Waals surface area contributed by atoms with Crippen molar-refractivity contribution in [2.24, 2.45) is 16.6 Å². The van der Waals surface area contributed by atoms with E-state index in [0.717, 1.165) is 58.1 Å². The molecule has 1 unspecified atom stereocenters. The average Bonchev–Trinajstić information content (AvgIpc) is 2.67. The first-order valence-corrected chi connectivity index (χ1v) is 9.90. The van der Waals surface area contributed by atoms with Gasteiger partial charge in [0.25, 0.3) is 0 Å². The molecule has 2 heterocycles. The van der Waals surface area contributed by atoms with Gasteiger partial charge in [0.05, 0.1) is 19.3 Å². The fourth-order valence-electron chi connectivity index (χ4n) is 3.71. The van der Waals surface area contributed by atoms with Crippen molar-refractivity contribution in [3.8, 4) is 0 Å². The van der Waals surface area contributed by atoms with Gasteiger partial charge in [-0.3, -0.25) is 9.89 Å². The van der Waals surface area contributed by atoms with Crippen LogP contribution in [0.2, 0.25) is 0 Å². The van der Waals surface area contributed by atoms with Crippen LogP contribution in [0.3, 0.4) is 0 Å². The van der Waals surface area contributed by atoms with Crippen molar-refractivity contribution in [1.29, 1.82) is 0 Å². The summed E-state index contributed by atoms with van der Waals surface area (Å²) < 4.78 is 18.9. The number of hydrogen-bond acceptors (Lipinski definition) is 4. The SMILES string of the molecule is CC(C)CN1CCOC(CN=C(N)N2CCN(c3ccc(F)cc3)CC2)C1. The van der Waals surface area contributed by atoms with Gasteiger partial charge in [0.2, 0.25) is 0 Å². The van der Waals surface area contributed by atoms with E-state index in [0.29, 0.717) is 18.4 Å². The van der Waals surface area contributed by atoms with Crippen LogP contribution in [0, 0.1) is 11.7 Å². The van der Waals surface area contributed by atoms with E-state index in [1.165, 1.54) is 12.1 Å². The number of anilines is 1. The Hall–Kier alpha value is -1.86. The molecule has 7 heteroatoms. The molecule has 2 fully saturated rings. The van der Waals surface area contributed by atoms with Crippen molar-refractivity contribution in [2.45, 2.75) is 20.0 Å². The maximum atomic E-state index is 13.1. The number of morpholine rings is 1. The lowest BCUT2D eigenvalue weighted by Gasteiger charge is -2.37. The van der Waals surface area contributed by atoms with Gasteiger partial charge in [-0.2, -0.15) is 0 Å². The summed E-state index contributed by atoms with van der Waals surface area (Å²) in [7, 11) is 0. The Kier molecular flexibility index (Phi) is 6.90. The molecule has 1 aromatic rings. The number of nitrogens with two attached hydrogens (primary N) is 1. The third-order valence-electron chi connectivity index (χ3n) is 5.10. The molecule has 27 heavy (non-hydrogen) atoms. The van der Waals surface area contributed by atoms with Crippen molar-refractivity contribution in [3.05, 3.63) is 30.1 Å². The molecule has 0 aromatic heterocycles. The fourth-order valence-corrected chi connectivity index (χ4v) is 3.71. The van der Waals surface area contributed by atoms with Gasteiger partial charge in [-0.1, -0.05) is 13.8 Å². The molecule has 2 aliphatic heterocycles. The molecule has 0 aliphatic carbocycles. The highest BCUT2D eigenvalue weighted by Crippen LogP contribution is 2.17. The predicted molar refractivity (Wildman–Crippen MR) is 108 cm³/mol. The molecule has 0 saturated carbocycles. The molecule has 1 aromatic carbocycles. The van der Waals surface area contributed by atoms with Gasteiger partial charge in [-0.25, -0.2) is 4.39 Å². The number of ether oxygens (including phenoxy) is 1. The Morgan fingerprint density at radius 3 is 2.56 bits per heavy atom. The number of piperazine rings is 1. The van der Waals surface area contributed by atoms with Crippen LogP contribution in [-0.2, 0) is 4.74 Å². The predicted octanol–water partition coefficient (Wildman–Crippen LogP) is 1.62. The monoisotopic (exact) mass is 377 g/mol. The topological polar surface area (TPSA) is 57.3 Å². The summed E-state index contributed by atoms with van der Waals surface area (Å²) >= 11 is 0. The standard InChI is InChI=1S/C20H32FN5O/c1-16(2)14-24-11-12-27-19(15-24)13-23-20(22)26-9-7-25(8-10-26)18-5-3-17(21)4-6-18/h3-6,16,19H,7-15H2,1-2H3,(H2,22,23). The number of halogens is 1. The van der Waals surface area contributed by atoms with Crippen molar-refractivity contribution in [3.63, 3.8) is 0 Å². The Balaban J connectivity index is 1.45. The van der Waals surface area contributed by atoms with Crippen molar-refractivity contribution < 1.29 is 9.13 Å².